The largest absolute Gasteiger partial charge is 0.493 e. The van der Waals surface area contributed by atoms with Crippen molar-refractivity contribution >= 4 is 11.5 Å². The second-order valence-electron chi connectivity index (χ2n) is 5.39. The molecule has 1 aromatic heterocycles. The predicted octanol–water partition coefficient (Wildman–Crippen LogP) is 3.92. The molecule has 1 aliphatic rings. The van der Waals surface area contributed by atoms with Gasteiger partial charge in [0, 0.05) is 29.4 Å². The van der Waals surface area contributed by atoms with Crippen molar-refractivity contribution in [2.24, 2.45) is 0 Å². The Kier molecular flexibility index (Phi) is 4.37. The number of hydrogen-bond donors (Lipinski definition) is 1. The monoisotopic (exact) mass is 313 g/mol. The number of benzene rings is 1. The van der Waals surface area contributed by atoms with Gasteiger partial charge in [0.05, 0.1) is 13.4 Å². The highest BCUT2D eigenvalue weighted by Crippen LogP contribution is 2.33. The molecule has 120 valence electrons. The summed E-state index contributed by atoms with van der Waals surface area (Å²) < 4.78 is 16.4. The van der Waals surface area contributed by atoms with E-state index in [1.807, 2.05) is 37.3 Å². The second kappa shape index (κ2) is 6.60. The fraction of sp³-hybridized carbons (Fsp3) is 0.278. The molecule has 0 bridgehead atoms. The Morgan fingerprint density at radius 1 is 1.22 bits per heavy atom. The second-order valence-corrected chi connectivity index (χ2v) is 5.39. The van der Waals surface area contributed by atoms with Crippen LogP contribution >= 0.6 is 0 Å². The lowest BCUT2D eigenvalue weighted by Gasteiger charge is -2.13. The Labute approximate surface area is 134 Å². The van der Waals surface area contributed by atoms with Gasteiger partial charge in [0.25, 0.3) is 0 Å². The molecule has 5 heteroatoms. The van der Waals surface area contributed by atoms with E-state index in [0.29, 0.717) is 24.5 Å². The number of methoxy groups -OCH3 is 1. The van der Waals surface area contributed by atoms with Crippen LogP contribution in [0.5, 0.6) is 11.5 Å². The van der Waals surface area contributed by atoms with Gasteiger partial charge in [0.2, 0.25) is 0 Å². The molecule has 0 radical (unpaired) electrons. The molecule has 1 aromatic carbocycles. The number of allylic oxidation sites excluding steroid dienone is 2. The van der Waals surface area contributed by atoms with Crippen LogP contribution in [-0.2, 0) is 11.4 Å². The first-order valence-corrected chi connectivity index (χ1v) is 7.50. The van der Waals surface area contributed by atoms with Crippen LogP contribution in [0.25, 0.3) is 0 Å². The lowest BCUT2D eigenvalue weighted by atomic mass is 10.2. The Morgan fingerprint density at radius 3 is 2.74 bits per heavy atom. The van der Waals surface area contributed by atoms with Gasteiger partial charge in [-0.15, -0.1) is 0 Å². The van der Waals surface area contributed by atoms with Gasteiger partial charge in [-0.25, -0.2) is 0 Å². The van der Waals surface area contributed by atoms with E-state index in [9.17, 15) is 4.79 Å². The van der Waals surface area contributed by atoms with E-state index in [0.717, 1.165) is 29.1 Å². The Hall–Kier alpha value is -2.69. The summed E-state index contributed by atoms with van der Waals surface area (Å²) in [5, 5.41) is 3.31. The average Bonchev–Trinajstić information content (AvgIpc) is 3.19. The predicted molar refractivity (Wildman–Crippen MR) is 86.6 cm³/mol. The van der Waals surface area contributed by atoms with Gasteiger partial charge < -0.3 is 19.2 Å². The van der Waals surface area contributed by atoms with Crippen molar-refractivity contribution in [2.45, 2.75) is 26.4 Å². The smallest absolute Gasteiger partial charge is 0.163 e. The minimum atomic E-state index is 0.204. The highest BCUT2D eigenvalue weighted by molar-refractivity contribution is 5.98. The van der Waals surface area contributed by atoms with Crippen LogP contribution in [-0.4, -0.2) is 12.9 Å². The first-order valence-electron chi connectivity index (χ1n) is 7.50. The molecule has 0 fully saturated rings. The summed E-state index contributed by atoms with van der Waals surface area (Å²) in [6, 6.07) is 9.28. The van der Waals surface area contributed by atoms with E-state index in [1.54, 1.807) is 13.4 Å². The fourth-order valence-electron chi connectivity index (χ4n) is 2.52. The molecule has 1 heterocycles. The number of ketones is 1. The molecular weight excluding hydrogens is 294 g/mol. The number of nitrogens with one attached hydrogen (secondary N) is 1. The zero-order valence-corrected chi connectivity index (χ0v) is 13.2. The topological polar surface area (TPSA) is 60.7 Å². The first-order chi connectivity index (χ1) is 11.2. The van der Waals surface area contributed by atoms with E-state index in [1.165, 1.54) is 0 Å². The summed E-state index contributed by atoms with van der Waals surface area (Å²) in [5.41, 5.74) is 2.64. The third kappa shape index (κ3) is 3.39. The van der Waals surface area contributed by atoms with Gasteiger partial charge >= 0.3 is 0 Å². The van der Waals surface area contributed by atoms with E-state index in [4.69, 9.17) is 13.9 Å². The lowest BCUT2D eigenvalue weighted by molar-refractivity contribution is -0.114. The lowest BCUT2D eigenvalue weighted by Crippen LogP contribution is -2.01. The number of furan rings is 1. The number of Topliss-reactive ketones (excluding diaryl/α,β-unsaturated/α-hetero) is 1. The number of anilines is 1. The number of hydrogen-bond acceptors (Lipinski definition) is 5. The third-order valence-corrected chi connectivity index (χ3v) is 3.88. The minimum Gasteiger partial charge on any atom is -0.493 e. The zero-order valence-electron chi connectivity index (χ0n) is 13.2. The molecule has 3 rings (SSSR count). The van der Waals surface area contributed by atoms with Gasteiger partial charge in [-0.2, -0.15) is 0 Å². The molecule has 0 unspecified atom stereocenters. The van der Waals surface area contributed by atoms with Crippen LogP contribution in [0, 0.1) is 0 Å². The van der Waals surface area contributed by atoms with Crippen molar-refractivity contribution in [3.05, 3.63) is 53.6 Å². The molecule has 0 saturated carbocycles. The van der Waals surface area contributed by atoms with Crippen LogP contribution in [0.2, 0.25) is 0 Å². The molecule has 0 aliphatic heterocycles. The van der Waals surface area contributed by atoms with Gasteiger partial charge in [-0.05, 0) is 37.6 Å². The molecule has 0 spiro atoms. The standard InChI is InChI=1S/C18H19NO4/c1-12-15(6-7-16(12)20)19-13-5-8-17(21-2)18(10-13)23-11-14-4-3-9-22-14/h3-5,8-10,19H,6-7,11H2,1-2H3. The van der Waals surface area contributed by atoms with Crippen molar-refractivity contribution in [3.63, 3.8) is 0 Å². The van der Waals surface area contributed by atoms with Gasteiger partial charge in [0.1, 0.15) is 12.4 Å². The van der Waals surface area contributed by atoms with E-state index < -0.39 is 0 Å². The van der Waals surface area contributed by atoms with E-state index in [2.05, 4.69) is 5.32 Å². The van der Waals surface area contributed by atoms with Crippen LogP contribution in [0.1, 0.15) is 25.5 Å². The molecule has 23 heavy (non-hydrogen) atoms. The Bertz CT molecular complexity index is 731. The third-order valence-electron chi connectivity index (χ3n) is 3.88. The summed E-state index contributed by atoms with van der Waals surface area (Å²) in [5.74, 6) is 2.22. The fourth-order valence-corrected chi connectivity index (χ4v) is 2.52. The van der Waals surface area contributed by atoms with Crippen molar-refractivity contribution in [3.8, 4) is 11.5 Å². The minimum absolute atomic E-state index is 0.204. The number of carbonyl (C=O) groups excluding carboxylic acids is 1. The molecule has 0 atom stereocenters. The molecule has 2 aromatic rings. The van der Waals surface area contributed by atoms with Gasteiger partial charge in [-0.1, -0.05) is 0 Å². The maximum Gasteiger partial charge on any atom is 0.163 e. The molecule has 1 aliphatic carbocycles. The summed E-state index contributed by atoms with van der Waals surface area (Å²) in [7, 11) is 1.60. The maximum atomic E-state index is 11.6. The number of carbonyl (C=O) groups is 1. The Balaban J connectivity index is 1.77. The maximum absolute atomic E-state index is 11.6. The van der Waals surface area contributed by atoms with Crippen LogP contribution < -0.4 is 14.8 Å². The van der Waals surface area contributed by atoms with E-state index >= 15 is 0 Å². The highest BCUT2D eigenvalue weighted by atomic mass is 16.5. The van der Waals surface area contributed by atoms with Crippen LogP contribution in [0.15, 0.2) is 52.3 Å². The van der Waals surface area contributed by atoms with Crippen LogP contribution in [0.4, 0.5) is 5.69 Å². The molecule has 1 N–H and O–H groups in total. The van der Waals surface area contributed by atoms with Gasteiger partial charge in [-0.3, -0.25) is 4.79 Å². The average molecular weight is 313 g/mol. The first kappa shape index (κ1) is 15.2. The molecule has 0 amide bonds. The molecule has 5 nitrogen and oxygen atoms in total. The summed E-state index contributed by atoms with van der Waals surface area (Å²) in [6.45, 7) is 2.18. The molecular formula is C18H19NO4. The van der Waals surface area contributed by atoms with Crippen LogP contribution in [0.3, 0.4) is 0 Å². The normalized spacial score (nSPS) is 14.3. The SMILES string of the molecule is COc1ccc(NC2=C(C)C(=O)CC2)cc1OCc1ccco1. The number of ether oxygens (including phenoxy) is 2. The highest BCUT2D eigenvalue weighted by Gasteiger charge is 2.19. The summed E-state index contributed by atoms with van der Waals surface area (Å²) in [6.07, 6.45) is 2.94. The van der Waals surface area contributed by atoms with Crippen molar-refractivity contribution in [1.82, 2.24) is 0 Å². The summed E-state index contributed by atoms with van der Waals surface area (Å²) in [4.78, 5) is 11.6. The van der Waals surface area contributed by atoms with E-state index in [-0.39, 0.29) is 5.78 Å². The molecule has 0 saturated heterocycles. The zero-order chi connectivity index (χ0) is 16.2. The Morgan fingerprint density at radius 2 is 2.09 bits per heavy atom. The van der Waals surface area contributed by atoms with Crippen molar-refractivity contribution < 1.29 is 18.7 Å². The number of rotatable bonds is 6. The van der Waals surface area contributed by atoms with Gasteiger partial charge in [0.15, 0.2) is 17.3 Å². The quantitative estimate of drug-likeness (QED) is 0.876. The van der Waals surface area contributed by atoms with Crippen molar-refractivity contribution in [1.29, 1.82) is 0 Å². The summed E-state index contributed by atoms with van der Waals surface area (Å²) >= 11 is 0. The van der Waals surface area contributed by atoms with Crippen molar-refractivity contribution in [2.75, 3.05) is 12.4 Å².